The van der Waals surface area contributed by atoms with Gasteiger partial charge in [0, 0.05) is 31.1 Å². The standard InChI is InChI=1S/C18H25N3O7S/c1-25-14-11-15(26-2)17(27-3)16-12(14)10-13(20-16)18(22)19-4-9-29(23,24)21-5-7-28-8-6-21/h10-11,20H,4-9H2,1-3H3,(H,19,22). The van der Waals surface area contributed by atoms with E-state index in [2.05, 4.69) is 10.3 Å². The van der Waals surface area contributed by atoms with Gasteiger partial charge in [-0.05, 0) is 6.07 Å². The van der Waals surface area contributed by atoms with Crippen LogP contribution in [0.4, 0.5) is 0 Å². The number of hydrogen-bond acceptors (Lipinski definition) is 7. The number of nitrogens with zero attached hydrogens (tertiary/aromatic N) is 1. The monoisotopic (exact) mass is 427 g/mol. The molecule has 0 radical (unpaired) electrons. The fourth-order valence-electron chi connectivity index (χ4n) is 3.20. The highest BCUT2D eigenvalue weighted by atomic mass is 32.2. The molecular weight excluding hydrogens is 402 g/mol. The van der Waals surface area contributed by atoms with Crippen LogP contribution in [0, 0.1) is 0 Å². The van der Waals surface area contributed by atoms with Gasteiger partial charge in [-0.25, -0.2) is 8.42 Å². The third-order valence-corrected chi connectivity index (χ3v) is 6.57. The lowest BCUT2D eigenvalue weighted by molar-refractivity contribution is 0.0730. The van der Waals surface area contributed by atoms with Crippen LogP contribution in [-0.2, 0) is 14.8 Å². The molecule has 2 N–H and O–H groups in total. The van der Waals surface area contributed by atoms with Gasteiger partial charge in [-0.3, -0.25) is 4.79 Å². The molecule has 160 valence electrons. The number of morpholine rings is 1. The SMILES string of the molecule is COc1cc(OC)c2cc(C(=O)NCCS(=O)(=O)N3CCOCC3)[nH]c2c1OC. The molecule has 1 aliphatic heterocycles. The number of nitrogens with one attached hydrogen (secondary N) is 2. The fraction of sp³-hybridized carbons (Fsp3) is 0.500. The highest BCUT2D eigenvalue weighted by Gasteiger charge is 2.24. The highest BCUT2D eigenvalue weighted by Crippen LogP contribution is 2.41. The van der Waals surface area contributed by atoms with Crippen LogP contribution < -0.4 is 19.5 Å². The predicted octanol–water partition coefficient (Wildman–Crippen LogP) is 0.586. The summed E-state index contributed by atoms with van der Waals surface area (Å²) in [5.74, 6) is 0.809. The van der Waals surface area contributed by atoms with Gasteiger partial charge in [-0.15, -0.1) is 0 Å². The van der Waals surface area contributed by atoms with Gasteiger partial charge in [0.15, 0.2) is 11.5 Å². The number of amides is 1. The third-order valence-electron chi connectivity index (χ3n) is 4.69. The van der Waals surface area contributed by atoms with Crippen molar-refractivity contribution in [3.63, 3.8) is 0 Å². The zero-order valence-corrected chi connectivity index (χ0v) is 17.4. The van der Waals surface area contributed by atoms with Crippen molar-refractivity contribution in [2.75, 3.05) is 59.9 Å². The molecule has 2 aromatic rings. The number of methoxy groups -OCH3 is 3. The molecule has 1 aliphatic rings. The van der Waals surface area contributed by atoms with Crippen LogP contribution in [0.3, 0.4) is 0 Å². The van der Waals surface area contributed by atoms with E-state index >= 15 is 0 Å². The van der Waals surface area contributed by atoms with Crippen molar-refractivity contribution in [1.29, 1.82) is 0 Å². The smallest absolute Gasteiger partial charge is 0.267 e. The molecule has 0 bridgehead atoms. The van der Waals surface area contributed by atoms with E-state index in [9.17, 15) is 13.2 Å². The van der Waals surface area contributed by atoms with E-state index in [1.54, 1.807) is 12.1 Å². The lowest BCUT2D eigenvalue weighted by atomic mass is 10.2. The molecular formula is C18H25N3O7S. The van der Waals surface area contributed by atoms with Crippen molar-refractivity contribution < 1.29 is 32.2 Å². The van der Waals surface area contributed by atoms with Crippen LogP contribution in [0.2, 0.25) is 0 Å². The summed E-state index contributed by atoms with van der Waals surface area (Å²) in [6.07, 6.45) is 0. The Morgan fingerprint density at radius 2 is 1.83 bits per heavy atom. The first-order chi connectivity index (χ1) is 13.9. The van der Waals surface area contributed by atoms with Crippen LogP contribution in [-0.4, -0.2) is 83.5 Å². The van der Waals surface area contributed by atoms with Crippen LogP contribution in [0.25, 0.3) is 10.9 Å². The lowest BCUT2D eigenvalue weighted by Gasteiger charge is -2.25. The number of hydrogen-bond donors (Lipinski definition) is 2. The van der Waals surface area contributed by atoms with Crippen LogP contribution in [0.1, 0.15) is 10.5 Å². The summed E-state index contributed by atoms with van der Waals surface area (Å²) in [4.78, 5) is 15.5. The van der Waals surface area contributed by atoms with Gasteiger partial charge in [0.25, 0.3) is 5.91 Å². The number of aromatic amines is 1. The molecule has 0 atom stereocenters. The van der Waals surface area contributed by atoms with E-state index in [0.29, 0.717) is 54.5 Å². The van der Waals surface area contributed by atoms with Gasteiger partial charge < -0.3 is 29.2 Å². The summed E-state index contributed by atoms with van der Waals surface area (Å²) in [7, 11) is 1.08. The van der Waals surface area contributed by atoms with Crippen LogP contribution in [0.15, 0.2) is 12.1 Å². The Balaban J connectivity index is 1.74. The second-order valence-corrected chi connectivity index (χ2v) is 8.46. The topological polar surface area (TPSA) is 119 Å². The van der Waals surface area contributed by atoms with Crippen molar-refractivity contribution in [3.8, 4) is 17.2 Å². The first-order valence-electron chi connectivity index (χ1n) is 9.06. The lowest BCUT2D eigenvalue weighted by Crippen LogP contribution is -2.43. The number of carbonyl (C=O) groups is 1. The maximum Gasteiger partial charge on any atom is 0.267 e. The van der Waals surface area contributed by atoms with E-state index in [0.717, 1.165) is 0 Å². The second kappa shape index (κ2) is 8.89. The molecule has 29 heavy (non-hydrogen) atoms. The number of rotatable bonds is 8. The van der Waals surface area contributed by atoms with E-state index in [1.807, 2.05) is 0 Å². The number of sulfonamides is 1. The Morgan fingerprint density at radius 1 is 1.14 bits per heavy atom. The molecule has 0 spiro atoms. The molecule has 1 fully saturated rings. The number of benzene rings is 1. The molecule has 0 saturated carbocycles. The Morgan fingerprint density at radius 3 is 2.45 bits per heavy atom. The molecule has 0 aliphatic carbocycles. The molecule has 1 saturated heterocycles. The predicted molar refractivity (Wildman–Crippen MR) is 106 cm³/mol. The van der Waals surface area contributed by atoms with Gasteiger partial charge >= 0.3 is 0 Å². The Kier molecular flexibility index (Phi) is 6.50. The number of ether oxygens (including phenoxy) is 4. The maximum absolute atomic E-state index is 12.5. The molecule has 1 aromatic carbocycles. The van der Waals surface area contributed by atoms with E-state index in [4.69, 9.17) is 18.9 Å². The molecule has 10 nitrogen and oxygen atoms in total. The van der Waals surface area contributed by atoms with Crippen LogP contribution >= 0.6 is 0 Å². The zero-order valence-electron chi connectivity index (χ0n) is 16.6. The van der Waals surface area contributed by atoms with Crippen LogP contribution in [0.5, 0.6) is 17.2 Å². The van der Waals surface area contributed by atoms with Gasteiger partial charge in [0.05, 0.1) is 45.8 Å². The molecule has 3 rings (SSSR count). The van der Waals surface area contributed by atoms with Crippen molar-refractivity contribution in [1.82, 2.24) is 14.6 Å². The largest absolute Gasteiger partial charge is 0.496 e. The first kappa shape index (κ1) is 21.2. The molecule has 1 aromatic heterocycles. The minimum atomic E-state index is -3.44. The maximum atomic E-state index is 12.5. The number of carbonyl (C=O) groups excluding carboxylic acids is 1. The second-order valence-electron chi connectivity index (χ2n) is 6.37. The summed E-state index contributed by atoms with van der Waals surface area (Å²) in [5, 5.41) is 3.29. The quantitative estimate of drug-likeness (QED) is 0.633. The first-order valence-corrected chi connectivity index (χ1v) is 10.7. The highest BCUT2D eigenvalue weighted by molar-refractivity contribution is 7.89. The van der Waals surface area contributed by atoms with E-state index in [-0.39, 0.29) is 18.0 Å². The summed E-state index contributed by atoms with van der Waals surface area (Å²) < 4.78 is 47.3. The van der Waals surface area contributed by atoms with Crippen molar-refractivity contribution in [2.45, 2.75) is 0 Å². The minimum absolute atomic E-state index is 0.00845. The van der Waals surface area contributed by atoms with Gasteiger partial charge in [-0.2, -0.15) is 4.31 Å². The van der Waals surface area contributed by atoms with Gasteiger partial charge in [0.2, 0.25) is 10.0 Å². The minimum Gasteiger partial charge on any atom is -0.496 e. The van der Waals surface area contributed by atoms with E-state index in [1.165, 1.54) is 25.6 Å². The molecule has 11 heteroatoms. The summed E-state index contributed by atoms with van der Waals surface area (Å²) >= 11 is 0. The van der Waals surface area contributed by atoms with Gasteiger partial charge in [0.1, 0.15) is 11.4 Å². The van der Waals surface area contributed by atoms with Crippen molar-refractivity contribution in [3.05, 3.63) is 17.8 Å². The number of H-pyrrole nitrogens is 1. The Hall–Kier alpha value is -2.50. The van der Waals surface area contributed by atoms with Gasteiger partial charge in [-0.1, -0.05) is 0 Å². The molecule has 1 amide bonds. The zero-order chi connectivity index (χ0) is 21.0. The average molecular weight is 427 g/mol. The molecule has 0 unspecified atom stereocenters. The molecule has 2 heterocycles. The Bertz CT molecular complexity index is 981. The average Bonchev–Trinajstić information content (AvgIpc) is 3.18. The Labute approximate surface area is 169 Å². The number of aromatic nitrogens is 1. The fourth-order valence-corrected chi connectivity index (χ4v) is 4.53. The van der Waals surface area contributed by atoms with Crippen molar-refractivity contribution in [2.24, 2.45) is 0 Å². The van der Waals surface area contributed by atoms with Crippen molar-refractivity contribution >= 4 is 26.8 Å². The summed E-state index contributed by atoms with van der Waals surface area (Å²) in [6.45, 7) is 1.42. The third kappa shape index (κ3) is 4.41. The summed E-state index contributed by atoms with van der Waals surface area (Å²) in [6, 6.07) is 3.30. The van der Waals surface area contributed by atoms with E-state index < -0.39 is 15.9 Å². The number of fused-ring (bicyclic) bond motifs is 1. The normalized spacial score (nSPS) is 15.3. The summed E-state index contributed by atoms with van der Waals surface area (Å²) in [5.41, 5.74) is 0.809.